The van der Waals surface area contributed by atoms with E-state index in [1.54, 1.807) is 17.5 Å². The van der Waals surface area contributed by atoms with E-state index in [-0.39, 0.29) is 0 Å². The van der Waals surface area contributed by atoms with E-state index in [9.17, 15) is 5.26 Å². The molecule has 2 aromatic heterocycles. The number of thiazole rings is 2. The molecule has 0 bridgehead atoms. The average Bonchev–Trinajstić information content (AvgIpc) is 3.13. The number of rotatable bonds is 4. The van der Waals surface area contributed by atoms with Gasteiger partial charge in [0.25, 0.3) is 0 Å². The zero-order valence-electron chi connectivity index (χ0n) is 12.3. The summed E-state index contributed by atoms with van der Waals surface area (Å²) in [4.78, 5) is 8.86. The van der Waals surface area contributed by atoms with Crippen molar-refractivity contribution in [2.75, 3.05) is 5.32 Å². The lowest BCUT2D eigenvalue weighted by Crippen LogP contribution is -1.90. The number of aromatic nitrogens is 2. The molecule has 22 heavy (non-hydrogen) atoms. The van der Waals surface area contributed by atoms with Gasteiger partial charge in [-0.25, -0.2) is 9.97 Å². The summed E-state index contributed by atoms with van der Waals surface area (Å²) in [6.07, 6.45) is 2.69. The lowest BCUT2D eigenvalue weighted by Gasteiger charge is -1.95. The highest BCUT2D eigenvalue weighted by molar-refractivity contribution is 7.22. The molecule has 0 aliphatic rings. The number of nitrogens with one attached hydrogen (secondary N) is 1. The summed E-state index contributed by atoms with van der Waals surface area (Å²) < 4.78 is 1.15. The van der Waals surface area contributed by atoms with E-state index in [1.807, 2.05) is 18.4 Å². The van der Waals surface area contributed by atoms with Crippen LogP contribution in [0, 0.1) is 18.3 Å². The van der Waals surface area contributed by atoms with E-state index in [0.717, 1.165) is 32.5 Å². The highest BCUT2D eigenvalue weighted by atomic mass is 32.1. The minimum Gasteiger partial charge on any atom is -0.337 e. The summed E-state index contributed by atoms with van der Waals surface area (Å²) in [5.41, 5.74) is 3.72. The van der Waals surface area contributed by atoms with Gasteiger partial charge in [0.2, 0.25) is 0 Å². The first-order valence-corrected chi connectivity index (χ1v) is 8.58. The fourth-order valence-corrected chi connectivity index (χ4v) is 3.67. The quantitative estimate of drug-likeness (QED) is 0.712. The Morgan fingerprint density at radius 3 is 2.95 bits per heavy atom. The number of nitriles is 1. The third-order valence-electron chi connectivity index (χ3n) is 3.17. The molecule has 4 nitrogen and oxygen atoms in total. The number of hydrogen-bond acceptors (Lipinski definition) is 6. The number of aryl methyl sites for hydroxylation is 2. The third kappa shape index (κ3) is 3.01. The molecule has 2 heterocycles. The third-order valence-corrected chi connectivity index (χ3v) is 5.11. The predicted octanol–water partition coefficient (Wildman–Crippen LogP) is 4.60. The van der Waals surface area contributed by atoms with Crippen LogP contribution >= 0.6 is 22.7 Å². The van der Waals surface area contributed by atoms with E-state index >= 15 is 0 Å². The Kier molecular flexibility index (Phi) is 4.18. The minimum absolute atomic E-state index is 0.520. The van der Waals surface area contributed by atoms with Gasteiger partial charge in [0.1, 0.15) is 16.6 Å². The molecule has 0 atom stereocenters. The Labute approximate surface area is 136 Å². The van der Waals surface area contributed by atoms with Gasteiger partial charge in [-0.2, -0.15) is 5.26 Å². The molecule has 1 N–H and O–H groups in total. The fourth-order valence-electron chi connectivity index (χ4n) is 2.00. The van der Waals surface area contributed by atoms with Crippen LogP contribution in [0.2, 0.25) is 0 Å². The molecule has 0 aliphatic heterocycles. The lowest BCUT2D eigenvalue weighted by molar-refractivity contribution is 1.15. The minimum atomic E-state index is 0.520. The second kappa shape index (κ2) is 6.26. The van der Waals surface area contributed by atoms with Gasteiger partial charge in [0, 0.05) is 17.3 Å². The molecule has 0 saturated carbocycles. The SMILES string of the molecule is CCc1ccc2nc(N/C=C(\C#N)c3nc(C)cs3)sc2c1. The number of nitrogens with zero attached hydrogens (tertiary/aromatic N) is 3. The zero-order chi connectivity index (χ0) is 15.5. The zero-order valence-corrected chi connectivity index (χ0v) is 13.9. The molecular weight excluding hydrogens is 312 g/mol. The molecule has 0 saturated heterocycles. The van der Waals surface area contributed by atoms with Gasteiger partial charge in [-0.3, -0.25) is 0 Å². The Balaban J connectivity index is 1.86. The van der Waals surface area contributed by atoms with E-state index in [2.05, 4.69) is 40.4 Å². The summed E-state index contributed by atoms with van der Waals surface area (Å²) in [6.45, 7) is 4.06. The van der Waals surface area contributed by atoms with Crippen molar-refractivity contribution in [3.05, 3.63) is 46.0 Å². The number of hydrogen-bond donors (Lipinski definition) is 1. The van der Waals surface area contributed by atoms with Crippen molar-refractivity contribution >= 4 is 43.6 Å². The van der Waals surface area contributed by atoms with Crippen LogP contribution in [-0.2, 0) is 6.42 Å². The number of allylic oxidation sites excluding steroid dienone is 1. The fraction of sp³-hybridized carbons (Fsp3) is 0.188. The standard InChI is InChI=1S/C16H14N4S2/c1-3-11-4-5-13-14(6-11)22-16(20-13)18-8-12(7-17)15-19-10(2)9-21-15/h4-6,8-9H,3H2,1-2H3,(H,18,20)/b12-8+. The molecule has 0 spiro atoms. The lowest BCUT2D eigenvalue weighted by atomic mass is 10.2. The normalized spacial score (nSPS) is 11.6. The van der Waals surface area contributed by atoms with Crippen LogP contribution in [0.1, 0.15) is 23.2 Å². The molecule has 6 heteroatoms. The van der Waals surface area contributed by atoms with Gasteiger partial charge < -0.3 is 5.32 Å². The van der Waals surface area contributed by atoms with Crippen LogP contribution in [0.4, 0.5) is 5.13 Å². The number of benzene rings is 1. The van der Waals surface area contributed by atoms with Gasteiger partial charge in [0.15, 0.2) is 5.13 Å². The maximum absolute atomic E-state index is 9.27. The van der Waals surface area contributed by atoms with Crippen LogP contribution in [0.15, 0.2) is 29.8 Å². The molecule has 0 unspecified atom stereocenters. The van der Waals surface area contributed by atoms with Crippen molar-refractivity contribution in [2.24, 2.45) is 0 Å². The van der Waals surface area contributed by atoms with Crippen molar-refractivity contribution in [3.63, 3.8) is 0 Å². The van der Waals surface area contributed by atoms with E-state index in [1.165, 1.54) is 16.9 Å². The van der Waals surface area contributed by atoms with E-state index in [0.29, 0.717) is 5.57 Å². The van der Waals surface area contributed by atoms with Crippen molar-refractivity contribution in [3.8, 4) is 6.07 Å². The van der Waals surface area contributed by atoms with Gasteiger partial charge in [-0.05, 0) is 31.0 Å². The van der Waals surface area contributed by atoms with Crippen molar-refractivity contribution in [1.82, 2.24) is 9.97 Å². The van der Waals surface area contributed by atoms with Crippen LogP contribution < -0.4 is 5.32 Å². The first-order chi connectivity index (χ1) is 10.7. The molecule has 3 rings (SSSR count). The first-order valence-electron chi connectivity index (χ1n) is 6.88. The summed E-state index contributed by atoms with van der Waals surface area (Å²) in [5.74, 6) is 0. The average molecular weight is 326 g/mol. The summed E-state index contributed by atoms with van der Waals surface area (Å²) in [5, 5.41) is 15.8. The Hall–Kier alpha value is -2.23. The van der Waals surface area contributed by atoms with Crippen LogP contribution in [0.25, 0.3) is 15.8 Å². The number of fused-ring (bicyclic) bond motifs is 1. The molecule has 110 valence electrons. The monoisotopic (exact) mass is 326 g/mol. The van der Waals surface area contributed by atoms with Crippen molar-refractivity contribution < 1.29 is 0 Å². The maximum Gasteiger partial charge on any atom is 0.187 e. The van der Waals surface area contributed by atoms with Crippen LogP contribution in [0.3, 0.4) is 0 Å². The number of anilines is 1. The summed E-state index contributed by atoms with van der Waals surface area (Å²) >= 11 is 3.05. The molecule has 0 amide bonds. The molecule has 0 radical (unpaired) electrons. The maximum atomic E-state index is 9.27. The largest absolute Gasteiger partial charge is 0.337 e. The Morgan fingerprint density at radius 1 is 1.41 bits per heavy atom. The summed E-state index contributed by atoms with van der Waals surface area (Å²) in [6, 6.07) is 8.48. The van der Waals surface area contributed by atoms with E-state index < -0.39 is 0 Å². The van der Waals surface area contributed by atoms with Gasteiger partial charge in [-0.1, -0.05) is 24.3 Å². The van der Waals surface area contributed by atoms with Gasteiger partial charge in [-0.15, -0.1) is 11.3 Å². The van der Waals surface area contributed by atoms with Crippen LogP contribution in [-0.4, -0.2) is 9.97 Å². The van der Waals surface area contributed by atoms with Gasteiger partial charge in [0.05, 0.1) is 10.2 Å². The smallest absolute Gasteiger partial charge is 0.187 e. The van der Waals surface area contributed by atoms with Crippen molar-refractivity contribution in [2.45, 2.75) is 20.3 Å². The highest BCUT2D eigenvalue weighted by Gasteiger charge is 2.07. The van der Waals surface area contributed by atoms with Gasteiger partial charge >= 0.3 is 0 Å². The Morgan fingerprint density at radius 2 is 2.27 bits per heavy atom. The molecule has 0 fully saturated rings. The second-order valence-electron chi connectivity index (χ2n) is 4.78. The van der Waals surface area contributed by atoms with Crippen LogP contribution in [0.5, 0.6) is 0 Å². The predicted molar refractivity (Wildman–Crippen MR) is 93.1 cm³/mol. The topological polar surface area (TPSA) is 61.6 Å². The summed E-state index contributed by atoms with van der Waals surface area (Å²) in [7, 11) is 0. The van der Waals surface area contributed by atoms with E-state index in [4.69, 9.17) is 0 Å². The molecular formula is C16H14N4S2. The highest BCUT2D eigenvalue weighted by Crippen LogP contribution is 2.27. The molecule has 0 aliphatic carbocycles. The molecule has 3 aromatic rings. The Bertz CT molecular complexity index is 883. The van der Waals surface area contributed by atoms with Crippen molar-refractivity contribution in [1.29, 1.82) is 5.26 Å². The first kappa shape index (κ1) is 14.7. The second-order valence-corrected chi connectivity index (χ2v) is 6.67. The molecule has 1 aromatic carbocycles.